The molecule has 2 rings (SSSR count). The van der Waals surface area contributed by atoms with Crippen molar-refractivity contribution in [1.29, 1.82) is 0 Å². The molecule has 0 radical (unpaired) electrons. The van der Waals surface area contributed by atoms with Crippen LogP contribution in [0.3, 0.4) is 0 Å². The first-order chi connectivity index (χ1) is 7.28. The van der Waals surface area contributed by atoms with E-state index in [-0.39, 0.29) is 0 Å². The Kier molecular flexibility index (Phi) is 4.05. The number of hydrogen-bond acceptors (Lipinski definition) is 5. The van der Waals surface area contributed by atoms with Gasteiger partial charge in [-0.15, -0.1) is 5.10 Å². The van der Waals surface area contributed by atoms with Gasteiger partial charge >= 0.3 is 0 Å². The molecule has 1 fully saturated rings. The first kappa shape index (κ1) is 11.4. The molecular formula is C9H15N3S3. The van der Waals surface area contributed by atoms with E-state index in [0.29, 0.717) is 6.04 Å². The summed E-state index contributed by atoms with van der Waals surface area (Å²) in [6.07, 6.45) is 3.83. The molecule has 3 nitrogen and oxygen atoms in total. The third-order valence-corrected chi connectivity index (χ3v) is 4.81. The molecular weight excluding hydrogens is 246 g/mol. The molecule has 1 heterocycles. The van der Waals surface area contributed by atoms with E-state index in [4.69, 9.17) is 12.2 Å². The normalized spacial score (nSPS) is 25.7. The fourth-order valence-electron chi connectivity index (χ4n) is 1.92. The van der Waals surface area contributed by atoms with Crippen molar-refractivity contribution in [3.8, 4) is 0 Å². The third kappa shape index (κ3) is 3.19. The van der Waals surface area contributed by atoms with E-state index in [1.807, 2.05) is 0 Å². The van der Waals surface area contributed by atoms with Gasteiger partial charge in [0.1, 0.15) is 0 Å². The van der Waals surface area contributed by atoms with E-state index >= 15 is 0 Å². The molecule has 1 aromatic heterocycles. The Morgan fingerprint density at radius 2 is 2.53 bits per heavy atom. The minimum absolute atomic E-state index is 0.586. The lowest BCUT2D eigenvalue weighted by atomic mass is 10.3. The van der Waals surface area contributed by atoms with Gasteiger partial charge in [0.15, 0.2) is 3.95 Å². The van der Waals surface area contributed by atoms with Crippen LogP contribution in [0, 0.1) is 3.95 Å². The van der Waals surface area contributed by atoms with Crippen molar-refractivity contribution in [3.63, 3.8) is 0 Å². The molecule has 0 spiro atoms. The van der Waals surface area contributed by atoms with E-state index in [1.54, 1.807) is 0 Å². The van der Waals surface area contributed by atoms with Gasteiger partial charge in [-0.25, -0.2) is 0 Å². The van der Waals surface area contributed by atoms with E-state index in [0.717, 1.165) is 14.3 Å². The van der Waals surface area contributed by atoms with Crippen LogP contribution in [0.4, 0.5) is 5.13 Å². The topological polar surface area (TPSA) is 40.7 Å². The number of nitrogens with zero attached hydrogens (tertiary/aromatic N) is 1. The molecule has 84 valence electrons. The zero-order valence-corrected chi connectivity index (χ0v) is 11.1. The Morgan fingerprint density at radius 1 is 1.67 bits per heavy atom. The molecule has 0 amide bonds. The van der Waals surface area contributed by atoms with Crippen LogP contribution in [0.15, 0.2) is 0 Å². The summed E-state index contributed by atoms with van der Waals surface area (Å²) in [4.78, 5) is 0. The molecule has 2 unspecified atom stereocenters. The maximum Gasteiger partial charge on any atom is 0.204 e. The molecule has 2 atom stereocenters. The van der Waals surface area contributed by atoms with Gasteiger partial charge in [-0.3, -0.25) is 5.10 Å². The summed E-state index contributed by atoms with van der Waals surface area (Å²) in [5.41, 5.74) is 0. The van der Waals surface area contributed by atoms with Crippen LogP contribution in [0.1, 0.15) is 26.2 Å². The summed E-state index contributed by atoms with van der Waals surface area (Å²) >= 11 is 8.59. The highest BCUT2D eigenvalue weighted by Gasteiger charge is 2.24. The zero-order valence-electron chi connectivity index (χ0n) is 8.66. The van der Waals surface area contributed by atoms with Crippen LogP contribution in [0.2, 0.25) is 0 Å². The molecule has 15 heavy (non-hydrogen) atoms. The quantitative estimate of drug-likeness (QED) is 0.816. The van der Waals surface area contributed by atoms with E-state index in [1.165, 1.54) is 36.4 Å². The number of hydrogen-bond donors (Lipinski definition) is 2. The van der Waals surface area contributed by atoms with Gasteiger partial charge in [-0.2, -0.15) is 11.8 Å². The van der Waals surface area contributed by atoms with Crippen molar-refractivity contribution in [3.05, 3.63) is 3.95 Å². The molecule has 1 saturated carbocycles. The van der Waals surface area contributed by atoms with Gasteiger partial charge in [-0.05, 0) is 37.2 Å². The molecule has 1 aliphatic carbocycles. The largest absolute Gasteiger partial charge is 0.357 e. The smallest absolute Gasteiger partial charge is 0.204 e. The average molecular weight is 261 g/mol. The predicted octanol–water partition coefficient (Wildman–Crippen LogP) is 3.29. The van der Waals surface area contributed by atoms with Crippen LogP contribution < -0.4 is 5.32 Å². The van der Waals surface area contributed by atoms with Crippen molar-refractivity contribution in [2.45, 2.75) is 37.5 Å². The first-order valence-corrected chi connectivity index (χ1v) is 7.49. The second-order valence-electron chi connectivity index (χ2n) is 3.65. The van der Waals surface area contributed by atoms with E-state index in [9.17, 15) is 0 Å². The fourth-order valence-corrected chi connectivity index (χ4v) is 3.93. The summed E-state index contributed by atoms with van der Waals surface area (Å²) in [7, 11) is 0. The minimum Gasteiger partial charge on any atom is -0.357 e. The van der Waals surface area contributed by atoms with Crippen LogP contribution in [-0.2, 0) is 0 Å². The number of H-pyrrole nitrogens is 1. The van der Waals surface area contributed by atoms with Crippen molar-refractivity contribution in [2.24, 2.45) is 0 Å². The monoisotopic (exact) mass is 261 g/mol. The average Bonchev–Trinajstić information content (AvgIpc) is 2.78. The van der Waals surface area contributed by atoms with E-state index in [2.05, 4.69) is 34.2 Å². The lowest BCUT2D eigenvalue weighted by Gasteiger charge is -2.11. The van der Waals surface area contributed by atoms with E-state index < -0.39 is 0 Å². The number of thioether (sulfide) groups is 1. The molecule has 0 aromatic carbocycles. The second kappa shape index (κ2) is 5.32. The highest BCUT2D eigenvalue weighted by atomic mass is 32.2. The maximum atomic E-state index is 4.99. The standard InChI is InChI=1S/C9H15N3S3/c1-2-14-7-4-3-6(5-7)10-8-11-12-9(13)15-8/h6-7H,2-5H2,1H3,(H,10,11)(H,12,13). The molecule has 2 N–H and O–H groups in total. The molecule has 0 aliphatic heterocycles. The van der Waals surface area contributed by atoms with Crippen molar-refractivity contribution in [2.75, 3.05) is 11.1 Å². The lowest BCUT2D eigenvalue weighted by molar-refractivity contribution is 0.753. The van der Waals surface area contributed by atoms with Gasteiger partial charge in [0.25, 0.3) is 0 Å². The number of anilines is 1. The fraction of sp³-hybridized carbons (Fsp3) is 0.778. The second-order valence-corrected chi connectivity index (χ2v) is 6.89. The van der Waals surface area contributed by atoms with Crippen LogP contribution in [0.5, 0.6) is 0 Å². The number of rotatable bonds is 4. The number of aromatic amines is 1. The Labute approximate surface area is 103 Å². The molecule has 1 aromatic rings. The minimum atomic E-state index is 0.586. The first-order valence-electron chi connectivity index (χ1n) is 5.21. The van der Waals surface area contributed by atoms with Crippen molar-refractivity contribution < 1.29 is 0 Å². The van der Waals surface area contributed by atoms with Gasteiger partial charge in [-0.1, -0.05) is 18.3 Å². The third-order valence-electron chi connectivity index (χ3n) is 2.55. The number of nitrogens with one attached hydrogen (secondary N) is 2. The Hall–Kier alpha value is -0.0700. The highest BCUT2D eigenvalue weighted by molar-refractivity contribution is 7.99. The van der Waals surface area contributed by atoms with Crippen molar-refractivity contribution >= 4 is 40.4 Å². The molecule has 6 heteroatoms. The summed E-state index contributed by atoms with van der Waals surface area (Å²) in [6, 6.07) is 0.586. The summed E-state index contributed by atoms with van der Waals surface area (Å²) < 4.78 is 0.745. The Morgan fingerprint density at radius 3 is 3.20 bits per heavy atom. The maximum absolute atomic E-state index is 4.99. The summed E-state index contributed by atoms with van der Waals surface area (Å²) in [6.45, 7) is 2.23. The number of aromatic nitrogens is 2. The van der Waals surface area contributed by atoms with Gasteiger partial charge in [0.05, 0.1) is 0 Å². The zero-order chi connectivity index (χ0) is 10.7. The SMILES string of the molecule is CCSC1CCC(Nc2n[nH]c(=S)s2)C1. The van der Waals surface area contributed by atoms with Crippen LogP contribution >= 0.6 is 35.3 Å². The van der Waals surface area contributed by atoms with Gasteiger partial charge in [0, 0.05) is 11.3 Å². The Bertz CT molecular complexity index is 359. The molecule has 1 aliphatic rings. The van der Waals surface area contributed by atoms with Crippen LogP contribution in [0.25, 0.3) is 0 Å². The van der Waals surface area contributed by atoms with Crippen LogP contribution in [-0.4, -0.2) is 27.2 Å². The van der Waals surface area contributed by atoms with Gasteiger partial charge < -0.3 is 5.32 Å². The lowest BCUT2D eigenvalue weighted by Crippen LogP contribution is -2.15. The molecule has 0 bridgehead atoms. The molecule has 0 saturated heterocycles. The predicted molar refractivity (Wildman–Crippen MR) is 70.5 cm³/mol. The van der Waals surface area contributed by atoms with Crippen molar-refractivity contribution in [1.82, 2.24) is 10.2 Å². The summed E-state index contributed by atoms with van der Waals surface area (Å²) in [5.74, 6) is 1.22. The van der Waals surface area contributed by atoms with Gasteiger partial charge in [0.2, 0.25) is 5.13 Å². The Balaban J connectivity index is 1.84. The highest BCUT2D eigenvalue weighted by Crippen LogP contribution is 2.31. The summed E-state index contributed by atoms with van der Waals surface area (Å²) in [5, 5.41) is 12.1.